The fraction of sp³-hybridized carbons (Fsp3) is 0.429. The second-order valence-corrected chi connectivity index (χ2v) is 9.02. The number of thiophene rings is 1. The highest BCUT2D eigenvalue weighted by molar-refractivity contribution is 7.17. The number of benzene rings is 1. The Morgan fingerprint density at radius 3 is 2.55 bits per heavy atom. The molecule has 0 aliphatic carbocycles. The predicted octanol–water partition coefficient (Wildman–Crippen LogP) is 3.19. The summed E-state index contributed by atoms with van der Waals surface area (Å²) < 4.78 is 5.86. The van der Waals surface area contributed by atoms with Crippen LogP contribution in [0.1, 0.15) is 27.2 Å². The number of halogens is 1. The number of nitrogens with two attached hydrogens (primary N) is 1. The smallest absolute Gasteiger partial charge is 0.258 e. The first kappa shape index (κ1) is 21.8. The molecule has 1 aromatic heterocycles. The summed E-state index contributed by atoms with van der Waals surface area (Å²) in [5.74, 6) is -0.319. The van der Waals surface area contributed by atoms with Crippen molar-refractivity contribution in [3.63, 3.8) is 0 Å². The van der Waals surface area contributed by atoms with E-state index in [0.717, 1.165) is 38.0 Å². The highest BCUT2D eigenvalue weighted by Crippen LogP contribution is 2.22. The average Bonchev–Trinajstić information content (AvgIpc) is 3.34. The van der Waals surface area contributed by atoms with Crippen molar-refractivity contribution in [1.82, 2.24) is 4.90 Å². The number of likely N-dealkylation sites (N-methyl/N-ethyl adjacent to an activating group) is 1. The molecular weight excluding hydrogens is 410 g/mol. The van der Waals surface area contributed by atoms with Crippen molar-refractivity contribution in [1.29, 1.82) is 0 Å². The van der Waals surface area contributed by atoms with Crippen molar-refractivity contribution in [3.8, 4) is 0 Å². The molecule has 0 saturated carbocycles. The van der Waals surface area contributed by atoms with Crippen molar-refractivity contribution in [2.75, 3.05) is 38.7 Å². The lowest BCUT2D eigenvalue weighted by molar-refractivity contribution is -0.119. The number of primary amides is 1. The Hall–Kier alpha value is -1.93. The summed E-state index contributed by atoms with van der Waals surface area (Å²) in [5, 5.41) is 3.03. The normalized spacial score (nSPS) is 18.9. The Morgan fingerprint density at radius 2 is 1.97 bits per heavy atom. The molecule has 8 heteroatoms. The Morgan fingerprint density at radius 1 is 1.21 bits per heavy atom. The van der Waals surface area contributed by atoms with Crippen LogP contribution < -0.4 is 11.1 Å². The number of carbonyl (C=O) groups excluding carboxylic acids is 2. The fourth-order valence-electron chi connectivity index (χ4n) is 3.35. The van der Waals surface area contributed by atoms with Crippen LogP contribution in [0.5, 0.6) is 0 Å². The molecule has 0 bridgehead atoms. The van der Waals surface area contributed by atoms with Crippen LogP contribution >= 0.6 is 22.9 Å². The van der Waals surface area contributed by atoms with Gasteiger partial charge in [-0.3, -0.25) is 9.59 Å². The second-order valence-electron chi connectivity index (χ2n) is 7.30. The van der Waals surface area contributed by atoms with Crippen molar-refractivity contribution in [3.05, 3.63) is 50.7 Å². The van der Waals surface area contributed by atoms with Gasteiger partial charge in [0.2, 0.25) is 5.91 Å². The quantitative estimate of drug-likeness (QED) is 0.775. The average molecular weight is 436 g/mol. The topological polar surface area (TPSA) is 84.7 Å². The van der Waals surface area contributed by atoms with Crippen LogP contribution in [0.25, 0.3) is 0 Å². The van der Waals surface area contributed by atoms with E-state index in [0.29, 0.717) is 22.4 Å². The van der Waals surface area contributed by atoms with Crippen molar-refractivity contribution >= 4 is 40.4 Å². The fourth-order valence-corrected chi connectivity index (χ4v) is 4.24. The van der Waals surface area contributed by atoms with Crippen molar-refractivity contribution in [2.24, 2.45) is 11.7 Å². The zero-order valence-corrected chi connectivity index (χ0v) is 18.0. The Bertz CT molecular complexity index is 865. The summed E-state index contributed by atoms with van der Waals surface area (Å²) in [4.78, 5) is 25.3. The first-order valence-corrected chi connectivity index (χ1v) is 10.9. The largest absolute Gasteiger partial charge is 0.381 e. The lowest BCUT2D eigenvalue weighted by Gasteiger charge is -2.12. The number of rotatable bonds is 3. The minimum atomic E-state index is -0.424. The molecule has 2 aromatic rings. The molecule has 1 atom stereocenters. The number of fused-ring (bicyclic) bond motifs is 1. The molecule has 2 aliphatic rings. The highest BCUT2D eigenvalue weighted by atomic mass is 35.5. The molecule has 2 aliphatic heterocycles. The van der Waals surface area contributed by atoms with Gasteiger partial charge in [-0.1, -0.05) is 17.7 Å². The zero-order chi connectivity index (χ0) is 20.8. The highest BCUT2D eigenvalue weighted by Gasteiger charge is 2.23. The van der Waals surface area contributed by atoms with Gasteiger partial charge in [-0.2, -0.15) is 0 Å². The molecule has 0 spiro atoms. The molecule has 3 N–H and O–H groups in total. The summed E-state index contributed by atoms with van der Waals surface area (Å²) in [6.45, 7) is 3.45. The summed E-state index contributed by atoms with van der Waals surface area (Å²) >= 11 is 6.70. The van der Waals surface area contributed by atoms with E-state index in [2.05, 4.69) is 29.4 Å². The lowest BCUT2D eigenvalue weighted by Crippen LogP contribution is -2.22. The third kappa shape index (κ3) is 6.27. The number of ether oxygens (including phenoxy) is 1. The number of nitrogens with one attached hydrogen (secondary N) is 1. The summed E-state index contributed by atoms with van der Waals surface area (Å²) in [6, 6.07) is 9.58. The first-order valence-electron chi connectivity index (χ1n) is 9.66. The van der Waals surface area contributed by atoms with E-state index in [1.807, 2.05) is 6.07 Å². The zero-order valence-electron chi connectivity index (χ0n) is 16.4. The number of hydrogen-bond acceptors (Lipinski definition) is 5. The van der Waals surface area contributed by atoms with Crippen LogP contribution in [-0.4, -0.2) is 50.1 Å². The third-order valence-corrected chi connectivity index (χ3v) is 6.36. The molecule has 0 radical (unpaired) electrons. The number of hydrogen-bond donors (Lipinski definition) is 2. The molecule has 1 fully saturated rings. The van der Waals surface area contributed by atoms with E-state index in [1.165, 1.54) is 22.5 Å². The molecule has 29 heavy (non-hydrogen) atoms. The summed E-state index contributed by atoms with van der Waals surface area (Å²) in [7, 11) is 2.16. The van der Waals surface area contributed by atoms with E-state index in [-0.39, 0.29) is 11.8 Å². The van der Waals surface area contributed by atoms with E-state index in [4.69, 9.17) is 22.1 Å². The standard InChI is InChI=1S/C16H22N2O2.C5H4ClNOS/c1-18-7-4-12-2-3-15(10-13(12)5-8-18)17-16(19)14-6-9-20-11-14;6-4-2-1-3(9-4)5(7)8/h2-3,10,14H,4-9,11H2,1H3,(H,17,19);1-2H,(H2,7,8). The van der Waals surface area contributed by atoms with Gasteiger partial charge in [-0.15, -0.1) is 11.3 Å². The molecular formula is C21H26ClN3O3S. The van der Waals surface area contributed by atoms with Gasteiger partial charge in [0.15, 0.2) is 0 Å². The maximum atomic E-state index is 12.1. The number of anilines is 1. The molecule has 156 valence electrons. The lowest BCUT2D eigenvalue weighted by atomic mass is 10.0. The van der Waals surface area contributed by atoms with Gasteiger partial charge in [0.05, 0.1) is 21.7 Å². The second kappa shape index (κ2) is 10.2. The minimum Gasteiger partial charge on any atom is -0.381 e. The van der Waals surface area contributed by atoms with E-state index in [9.17, 15) is 9.59 Å². The number of carbonyl (C=O) groups is 2. The van der Waals surface area contributed by atoms with Crippen LogP contribution in [0, 0.1) is 5.92 Å². The monoisotopic (exact) mass is 435 g/mol. The van der Waals surface area contributed by atoms with Crippen molar-refractivity contribution < 1.29 is 14.3 Å². The minimum absolute atomic E-state index is 0.0138. The molecule has 1 unspecified atom stereocenters. The van der Waals surface area contributed by atoms with E-state index in [1.54, 1.807) is 12.1 Å². The van der Waals surface area contributed by atoms with Crippen LogP contribution in [-0.2, 0) is 22.4 Å². The number of nitrogens with zero attached hydrogens (tertiary/aromatic N) is 1. The maximum absolute atomic E-state index is 12.1. The van der Waals surface area contributed by atoms with Gasteiger partial charge < -0.3 is 20.7 Å². The summed E-state index contributed by atoms with van der Waals surface area (Å²) in [6.07, 6.45) is 2.99. The van der Waals surface area contributed by atoms with Gasteiger partial charge in [-0.25, -0.2) is 0 Å². The molecule has 3 heterocycles. The van der Waals surface area contributed by atoms with Gasteiger partial charge >= 0.3 is 0 Å². The molecule has 2 amide bonds. The van der Waals surface area contributed by atoms with Gasteiger partial charge in [0.25, 0.3) is 5.91 Å². The number of amides is 2. The van der Waals surface area contributed by atoms with Gasteiger partial charge in [-0.05, 0) is 61.7 Å². The van der Waals surface area contributed by atoms with E-state index < -0.39 is 5.91 Å². The molecule has 1 aromatic carbocycles. The van der Waals surface area contributed by atoms with Crippen LogP contribution in [0.3, 0.4) is 0 Å². The first-order chi connectivity index (χ1) is 13.9. The van der Waals surface area contributed by atoms with Crippen LogP contribution in [0.4, 0.5) is 5.69 Å². The van der Waals surface area contributed by atoms with Crippen LogP contribution in [0.15, 0.2) is 30.3 Å². The Labute approximate surface area is 180 Å². The molecule has 1 saturated heterocycles. The van der Waals surface area contributed by atoms with Gasteiger partial charge in [0.1, 0.15) is 0 Å². The molecule has 4 rings (SSSR count). The Kier molecular flexibility index (Phi) is 7.66. The third-order valence-electron chi connectivity index (χ3n) is 5.12. The van der Waals surface area contributed by atoms with Gasteiger partial charge in [0, 0.05) is 25.4 Å². The Balaban J connectivity index is 0.000000224. The van der Waals surface area contributed by atoms with Crippen molar-refractivity contribution in [2.45, 2.75) is 19.3 Å². The predicted molar refractivity (Wildman–Crippen MR) is 117 cm³/mol. The SMILES string of the molecule is CN1CCc2ccc(NC(=O)C3CCOC3)cc2CC1.NC(=O)c1ccc(Cl)s1. The summed E-state index contributed by atoms with van der Waals surface area (Å²) in [5.41, 5.74) is 8.65. The maximum Gasteiger partial charge on any atom is 0.258 e. The molecule has 6 nitrogen and oxygen atoms in total. The van der Waals surface area contributed by atoms with Crippen LogP contribution in [0.2, 0.25) is 4.34 Å². The van der Waals surface area contributed by atoms with E-state index >= 15 is 0 Å².